The van der Waals surface area contributed by atoms with Gasteiger partial charge in [0.25, 0.3) is 6.45 Å². The fraction of sp³-hybridized carbons (Fsp3) is 0.583. The molecule has 0 aromatic rings. The van der Waals surface area contributed by atoms with Crippen LogP contribution in [0.3, 0.4) is 0 Å². The van der Waals surface area contributed by atoms with Crippen LogP contribution < -0.4 is 0 Å². The lowest BCUT2D eigenvalue weighted by Crippen LogP contribution is -2.01. The summed E-state index contributed by atoms with van der Waals surface area (Å²) >= 11 is 0. The summed E-state index contributed by atoms with van der Waals surface area (Å²) in [4.78, 5) is 67.1. The van der Waals surface area contributed by atoms with Gasteiger partial charge in [-0.3, -0.25) is 24.0 Å². The smallest absolute Gasteiger partial charge is 0.373 e. The maximum atomic E-state index is 10.5. The van der Waals surface area contributed by atoms with Crippen LogP contribution in [0.2, 0.25) is 0 Å². The Labute approximate surface area is 200 Å². The largest absolute Gasteiger partial charge is 0.467 e. The van der Waals surface area contributed by atoms with Gasteiger partial charge in [0.1, 0.15) is 11.6 Å². The van der Waals surface area contributed by atoms with E-state index in [1.165, 1.54) is 12.2 Å². The average Bonchev–Trinajstić information content (AvgIpc) is 2.79. The molecule has 32 heavy (non-hydrogen) atoms. The Hall–Kier alpha value is -2.99. The number of allylic oxidation sites excluding steroid dienone is 2. The Morgan fingerprint density at radius 2 is 1.25 bits per heavy atom. The Morgan fingerprint density at radius 3 is 1.41 bits per heavy atom. The van der Waals surface area contributed by atoms with Crippen molar-refractivity contribution in [3.8, 4) is 0 Å². The Balaban J connectivity index is -0.0000000365. The van der Waals surface area contributed by atoms with Crippen LogP contribution in [0.1, 0.15) is 93.6 Å². The molecule has 0 bridgehead atoms. The fourth-order valence-electron chi connectivity index (χ4n) is 0.849. The molecular weight excluding hydrogens is 416 g/mol. The Bertz CT molecular complexity index is 569. The minimum Gasteiger partial charge on any atom is -0.467 e. The van der Waals surface area contributed by atoms with Gasteiger partial charge in [-0.1, -0.05) is 62.6 Å². The molecule has 0 heterocycles. The molecule has 0 saturated heterocycles. The molecule has 0 atom stereocenters. The lowest BCUT2D eigenvalue weighted by molar-refractivity contribution is -0.191. The van der Waals surface area contributed by atoms with Crippen molar-refractivity contribution in [1.82, 2.24) is 0 Å². The van der Waals surface area contributed by atoms with Gasteiger partial charge in [0.15, 0.2) is 12.9 Å². The van der Waals surface area contributed by atoms with Crippen LogP contribution in [0.4, 0.5) is 0 Å². The number of Topliss-reactive ketones (excluding diaryl/α,β-unsaturated/α-hetero) is 2. The van der Waals surface area contributed by atoms with Crippen molar-refractivity contribution in [2.45, 2.75) is 88.0 Å². The van der Waals surface area contributed by atoms with E-state index in [1.54, 1.807) is 6.92 Å². The molecule has 0 amide bonds. The maximum Gasteiger partial charge on any atom is 0.373 e. The third kappa shape index (κ3) is 71.3. The summed E-state index contributed by atoms with van der Waals surface area (Å²) in [5, 5.41) is 0. The van der Waals surface area contributed by atoms with Crippen LogP contribution in [-0.4, -0.2) is 42.3 Å². The lowest BCUT2D eigenvalue weighted by atomic mass is 10.2. The second kappa shape index (κ2) is 46.3. The van der Waals surface area contributed by atoms with E-state index in [1.807, 2.05) is 20.8 Å². The molecule has 0 rings (SSSR count). The second-order valence-electron chi connectivity index (χ2n) is 4.85. The highest BCUT2D eigenvalue weighted by Gasteiger charge is 1.95. The van der Waals surface area contributed by atoms with Gasteiger partial charge in [-0.05, 0) is 12.2 Å². The molecule has 0 aliphatic carbocycles. The summed E-state index contributed by atoms with van der Waals surface area (Å²) in [5.41, 5.74) is 0. The summed E-state index contributed by atoms with van der Waals surface area (Å²) in [7, 11) is 0. The zero-order chi connectivity index (χ0) is 26.4. The number of hydrogen-bond acceptors (Lipinski definition) is 8. The highest BCUT2D eigenvalue weighted by atomic mass is 16.5. The minimum absolute atomic E-state index is 0. The summed E-state index contributed by atoms with van der Waals surface area (Å²) in [6, 6.07) is 0. The predicted octanol–water partition coefficient (Wildman–Crippen LogP) is 5.39. The van der Waals surface area contributed by atoms with E-state index in [0.29, 0.717) is 32.1 Å². The summed E-state index contributed by atoms with van der Waals surface area (Å²) in [6.45, 7) is 14.0. The van der Waals surface area contributed by atoms with Gasteiger partial charge in [0.05, 0.1) is 6.61 Å². The number of hydrogen-bond donors (Lipinski definition) is 0. The molecule has 0 N–H and O–H groups in total. The normalized spacial score (nSPS) is 7.88. The van der Waals surface area contributed by atoms with Gasteiger partial charge in [-0.25, -0.2) is 0 Å². The number of carbonyl (C=O) groups excluding carboxylic acids is 7. The zero-order valence-corrected chi connectivity index (χ0v) is 18.5. The standard InChI is InChI=1S/C6H10O3.C5H10O.2C5H8O.CO2.2CH4.2H2/c1-2-6(8)3-4-9-5-7;3*1-3-5(6)4-2;2-1-3;;;;/h5H,2-4H2,1H3;3-4H2,1-2H3;2*3H,1,4H2,2H3;;2*1H4;2*1H/i5D;1D;;;;;;2*1+1. The van der Waals surface area contributed by atoms with Crippen LogP contribution in [0, 0.1) is 0 Å². The number of ketones is 4. The van der Waals surface area contributed by atoms with Gasteiger partial charge in [-0.2, -0.15) is 9.59 Å². The van der Waals surface area contributed by atoms with E-state index < -0.39 is 6.45 Å². The second-order valence-corrected chi connectivity index (χ2v) is 4.85. The third-order valence-electron chi connectivity index (χ3n) is 2.76. The molecule has 8 nitrogen and oxygen atoms in total. The van der Waals surface area contributed by atoms with Gasteiger partial charge < -0.3 is 4.74 Å². The summed E-state index contributed by atoms with van der Waals surface area (Å²) in [5.74, 6) is 0.446. The minimum atomic E-state index is -1.08. The number of rotatable bonds is 10. The first kappa shape index (κ1) is 39.5. The van der Waals surface area contributed by atoms with Crippen LogP contribution in [0.5, 0.6) is 0 Å². The molecular formula is C24H48O8. The Kier molecular flexibility index (Phi) is 57.1. The molecule has 0 aliphatic rings. The highest BCUT2D eigenvalue weighted by molar-refractivity contribution is 5.89. The highest BCUT2D eigenvalue weighted by Crippen LogP contribution is 1.87. The van der Waals surface area contributed by atoms with Crippen LogP contribution in [0.15, 0.2) is 25.3 Å². The van der Waals surface area contributed by atoms with Gasteiger partial charge in [-0.15, -0.1) is 0 Å². The average molecular weight is 469 g/mol. The molecule has 0 saturated carbocycles. The van der Waals surface area contributed by atoms with Crippen LogP contribution >= 0.6 is 0 Å². The van der Waals surface area contributed by atoms with E-state index in [-0.39, 0.29) is 66.9 Å². The zero-order valence-electron chi connectivity index (χ0n) is 20.5. The topological polar surface area (TPSA) is 129 Å². The predicted molar refractivity (Wildman–Crippen MR) is 131 cm³/mol. The van der Waals surface area contributed by atoms with E-state index in [2.05, 4.69) is 17.9 Å². The van der Waals surface area contributed by atoms with E-state index in [4.69, 9.17) is 12.3 Å². The maximum absolute atomic E-state index is 10.5. The molecule has 0 aromatic carbocycles. The monoisotopic (exact) mass is 468 g/mol. The molecule has 0 aliphatic heterocycles. The first-order valence-electron chi connectivity index (χ1n) is 10.5. The molecule has 0 fully saturated rings. The van der Waals surface area contributed by atoms with Crippen molar-refractivity contribution >= 4 is 35.7 Å². The number of carbonyl (C=O) groups is 5. The first-order valence-corrected chi connectivity index (χ1v) is 9.27. The SMILES string of the molecule is C.C.C=CC(=O)CC.C=CC(=O)CC.O=C=O.[2HH].[2HH].[2H]C(=O)OCCC(=O)CC.[2H]CCC(=O)CC. The van der Waals surface area contributed by atoms with Crippen LogP contribution in [-0.2, 0) is 38.3 Å². The van der Waals surface area contributed by atoms with E-state index >= 15 is 0 Å². The molecule has 0 spiro atoms. The van der Waals surface area contributed by atoms with Crippen molar-refractivity contribution in [3.63, 3.8) is 0 Å². The van der Waals surface area contributed by atoms with Crippen LogP contribution in [0.25, 0.3) is 0 Å². The molecule has 192 valence electrons. The van der Waals surface area contributed by atoms with Crippen molar-refractivity contribution in [2.24, 2.45) is 0 Å². The summed E-state index contributed by atoms with van der Waals surface area (Å²) < 4.78 is 17.1. The Morgan fingerprint density at radius 1 is 0.875 bits per heavy atom. The quantitative estimate of drug-likeness (QED) is 0.308. The molecule has 0 unspecified atom stereocenters. The van der Waals surface area contributed by atoms with Crippen molar-refractivity contribution in [2.75, 3.05) is 6.61 Å². The lowest BCUT2D eigenvalue weighted by Gasteiger charge is -1.93. The molecule has 0 aromatic heterocycles. The van der Waals surface area contributed by atoms with Crippen molar-refractivity contribution in [3.05, 3.63) is 25.3 Å². The van der Waals surface area contributed by atoms with Gasteiger partial charge in [0, 0.05) is 42.7 Å². The molecule has 0 radical (unpaired) electrons. The van der Waals surface area contributed by atoms with Gasteiger partial charge >= 0.3 is 6.15 Å². The van der Waals surface area contributed by atoms with E-state index in [0.717, 1.165) is 0 Å². The molecule has 8 heteroatoms. The fourth-order valence-corrected chi connectivity index (χ4v) is 0.849. The third-order valence-corrected chi connectivity index (χ3v) is 2.76. The number of ether oxygens (including phenoxy) is 1. The van der Waals surface area contributed by atoms with Crippen molar-refractivity contribution < 1.29 is 43.9 Å². The first-order chi connectivity index (χ1) is 15.0. The van der Waals surface area contributed by atoms with Crippen molar-refractivity contribution in [1.29, 1.82) is 0 Å². The van der Waals surface area contributed by atoms with E-state index in [9.17, 15) is 24.0 Å². The summed E-state index contributed by atoms with van der Waals surface area (Å²) in [6.07, 6.45) is 4.67. The van der Waals surface area contributed by atoms with Gasteiger partial charge in [0.2, 0.25) is 0 Å².